The zero-order valence-electron chi connectivity index (χ0n) is 18.7. The Morgan fingerprint density at radius 2 is 1.50 bits per heavy atom. The molecule has 0 bridgehead atoms. The van der Waals surface area contributed by atoms with Gasteiger partial charge in [-0.15, -0.1) is 0 Å². The quantitative estimate of drug-likeness (QED) is 0.447. The van der Waals surface area contributed by atoms with Crippen LogP contribution in [0, 0.1) is 6.92 Å². The molecule has 5 rings (SSSR count). The molecule has 1 heterocycles. The van der Waals surface area contributed by atoms with Gasteiger partial charge in [0.05, 0.1) is 18.6 Å². The van der Waals surface area contributed by atoms with Crippen LogP contribution in [0.1, 0.15) is 35.6 Å². The van der Waals surface area contributed by atoms with Crippen molar-refractivity contribution in [3.8, 4) is 0 Å². The summed E-state index contributed by atoms with van der Waals surface area (Å²) in [5.74, 6) is 0. The van der Waals surface area contributed by atoms with E-state index in [1.165, 1.54) is 39.1 Å². The molecular weight excluding hydrogens is 388 g/mol. The molecule has 0 N–H and O–H groups in total. The number of hydrogen-bond acceptors (Lipinski definition) is 2. The third-order valence-corrected chi connectivity index (χ3v) is 6.54. The van der Waals surface area contributed by atoms with Gasteiger partial charge in [-0.25, -0.2) is 0 Å². The maximum Gasteiger partial charge on any atom is 0.0939 e. The zero-order chi connectivity index (χ0) is 22.0. The van der Waals surface area contributed by atoms with Gasteiger partial charge in [0, 0.05) is 17.2 Å². The smallest absolute Gasteiger partial charge is 0.0939 e. The van der Waals surface area contributed by atoms with Crippen LogP contribution in [-0.2, 0) is 5.41 Å². The summed E-state index contributed by atoms with van der Waals surface area (Å²) < 4.78 is 0. The fourth-order valence-corrected chi connectivity index (χ4v) is 4.83. The Morgan fingerprint density at radius 3 is 2.16 bits per heavy atom. The van der Waals surface area contributed by atoms with Gasteiger partial charge in [0.25, 0.3) is 0 Å². The van der Waals surface area contributed by atoms with Crippen LogP contribution in [-0.4, -0.2) is 17.8 Å². The Bertz CT molecular complexity index is 1200. The van der Waals surface area contributed by atoms with E-state index < -0.39 is 0 Å². The molecule has 2 aliphatic rings. The number of aliphatic imine (C=N–C) groups is 1. The fraction of sp³-hybridized carbons (Fsp3) is 0.167. The molecule has 2 heteroatoms. The van der Waals surface area contributed by atoms with E-state index in [9.17, 15) is 0 Å². The van der Waals surface area contributed by atoms with E-state index in [2.05, 4.69) is 127 Å². The number of nitrogens with zero attached hydrogens (tertiary/aromatic N) is 2. The highest BCUT2D eigenvalue weighted by molar-refractivity contribution is 6.04. The van der Waals surface area contributed by atoms with Gasteiger partial charge >= 0.3 is 0 Å². The largest absolute Gasteiger partial charge is 0.308 e. The Morgan fingerprint density at radius 1 is 0.812 bits per heavy atom. The molecule has 3 aromatic rings. The third-order valence-electron chi connectivity index (χ3n) is 6.54. The minimum atomic E-state index is -0.151. The van der Waals surface area contributed by atoms with Crippen molar-refractivity contribution in [1.82, 2.24) is 4.90 Å². The van der Waals surface area contributed by atoms with E-state index >= 15 is 0 Å². The molecule has 0 fully saturated rings. The second kappa shape index (κ2) is 8.47. The number of aryl methyl sites for hydroxylation is 1. The van der Waals surface area contributed by atoms with Gasteiger partial charge in [-0.2, -0.15) is 0 Å². The summed E-state index contributed by atoms with van der Waals surface area (Å²) in [6, 6.07) is 30.7. The molecule has 1 atom stereocenters. The maximum atomic E-state index is 4.52. The normalized spacial score (nSPS) is 20.4. The summed E-state index contributed by atoms with van der Waals surface area (Å²) >= 11 is 0. The molecule has 0 spiro atoms. The monoisotopic (exact) mass is 416 g/mol. The van der Waals surface area contributed by atoms with Gasteiger partial charge < -0.3 is 4.90 Å². The zero-order valence-corrected chi connectivity index (χ0v) is 18.7. The molecule has 32 heavy (non-hydrogen) atoms. The predicted octanol–water partition coefficient (Wildman–Crippen LogP) is 7.01. The van der Waals surface area contributed by atoms with Gasteiger partial charge in [0.2, 0.25) is 0 Å². The average molecular weight is 417 g/mol. The van der Waals surface area contributed by atoms with Gasteiger partial charge in [-0.1, -0.05) is 103 Å². The molecule has 0 radical (unpaired) electrons. The van der Waals surface area contributed by atoms with Crippen molar-refractivity contribution in [2.24, 2.45) is 4.99 Å². The number of allylic oxidation sites excluding steroid dienone is 3. The second-order valence-corrected chi connectivity index (χ2v) is 8.75. The Labute approximate surface area is 190 Å². The van der Waals surface area contributed by atoms with Crippen LogP contribution in [0.25, 0.3) is 11.1 Å². The average Bonchev–Trinajstić information content (AvgIpc) is 2.86. The summed E-state index contributed by atoms with van der Waals surface area (Å²) in [6.45, 7) is 5.27. The molecule has 158 valence electrons. The first-order chi connectivity index (χ1) is 15.7. The van der Waals surface area contributed by atoms with Crippen LogP contribution >= 0.6 is 0 Å². The molecule has 0 aromatic heterocycles. The van der Waals surface area contributed by atoms with E-state index in [4.69, 9.17) is 0 Å². The number of hydrogen-bond donors (Lipinski definition) is 0. The van der Waals surface area contributed by atoms with E-state index in [1.54, 1.807) is 0 Å². The predicted molar refractivity (Wildman–Crippen MR) is 135 cm³/mol. The Balaban J connectivity index is 1.82. The van der Waals surface area contributed by atoms with Gasteiger partial charge in [-0.05, 0) is 41.7 Å². The minimum absolute atomic E-state index is 0.151. The molecule has 2 nitrogen and oxygen atoms in total. The first-order valence-electron chi connectivity index (χ1n) is 11.2. The molecule has 0 amide bonds. The first kappa shape index (κ1) is 20.3. The molecule has 0 saturated carbocycles. The van der Waals surface area contributed by atoms with E-state index in [0.29, 0.717) is 0 Å². The van der Waals surface area contributed by atoms with E-state index in [1.807, 2.05) is 6.34 Å². The summed E-state index contributed by atoms with van der Waals surface area (Å²) in [5.41, 5.74) is 8.77. The van der Waals surface area contributed by atoms with Crippen LogP contribution in [0.4, 0.5) is 0 Å². The topological polar surface area (TPSA) is 15.6 Å². The van der Waals surface area contributed by atoms with Crippen molar-refractivity contribution in [1.29, 1.82) is 0 Å². The summed E-state index contributed by atoms with van der Waals surface area (Å²) in [7, 11) is 0. The van der Waals surface area contributed by atoms with Crippen LogP contribution < -0.4 is 0 Å². The molecule has 1 unspecified atom stereocenters. The van der Waals surface area contributed by atoms with Crippen LogP contribution in [0.5, 0.6) is 0 Å². The van der Waals surface area contributed by atoms with Crippen LogP contribution in [0.3, 0.4) is 0 Å². The molecule has 0 saturated heterocycles. The highest BCUT2D eigenvalue weighted by Crippen LogP contribution is 2.51. The Kier molecular flexibility index (Phi) is 5.36. The van der Waals surface area contributed by atoms with Crippen molar-refractivity contribution in [2.45, 2.75) is 25.7 Å². The first-order valence-corrected chi connectivity index (χ1v) is 11.2. The lowest BCUT2D eigenvalue weighted by molar-refractivity contribution is 0.601. The third kappa shape index (κ3) is 3.62. The van der Waals surface area contributed by atoms with Crippen LogP contribution in [0.2, 0.25) is 0 Å². The van der Waals surface area contributed by atoms with Gasteiger partial charge in [0.15, 0.2) is 0 Å². The Hall–Kier alpha value is -3.65. The van der Waals surface area contributed by atoms with Gasteiger partial charge in [0.1, 0.15) is 0 Å². The highest BCUT2D eigenvalue weighted by atomic mass is 15.2. The second-order valence-electron chi connectivity index (χ2n) is 8.75. The lowest BCUT2D eigenvalue weighted by Gasteiger charge is -2.40. The summed E-state index contributed by atoms with van der Waals surface area (Å²) in [6.07, 6.45) is 9.51. The van der Waals surface area contributed by atoms with Gasteiger partial charge in [-0.3, -0.25) is 4.99 Å². The standard InChI is InChI=1S/C30H28N2/c1-23-14-16-25(17-15-23)29-28(24-10-5-3-6-11-24)27(32-21-9-20-31-22-32)18-19-30(29,2)26-12-7-4-8-13-26/h3-18,21-22H,19-20H2,1-2H3. The number of benzene rings is 3. The molecule has 1 aliphatic heterocycles. The molecule has 1 aliphatic carbocycles. The molecular formula is C30H28N2. The van der Waals surface area contributed by atoms with Crippen molar-refractivity contribution >= 4 is 17.5 Å². The van der Waals surface area contributed by atoms with Crippen molar-refractivity contribution in [3.05, 3.63) is 131 Å². The summed E-state index contributed by atoms with van der Waals surface area (Å²) in [5, 5.41) is 0. The van der Waals surface area contributed by atoms with E-state index in [0.717, 1.165) is 13.0 Å². The SMILES string of the molecule is Cc1ccc(C2=C(c3ccccc3)C(N3C=CCN=C3)=CCC2(C)c2ccccc2)cc1. The lowest BCUT2D eigenvalue weighted by atomic mass is 9.65. The minimum Gasteiger partial charge on any atom is -0.308 e. The molecule has 3 aromatic carbocycles. The van der Waals surface area contributed by atoms with Crippen molar-refractivity contribution in [2.75, 3.05) is 6.54 Å². The van der Waals surface area contributed by atoms with E-state index in [-0.39, 0.29) is 5.41 Å². The van der Waals surface area contributed by atoms with Crippen molar-refractivity contribution in [3.63, 3.8) is 0 Å². The lowest BCUT2D eigenvalue weighted by Crippen LogP contribution is -2.31. The highest BCUT2D eigenvalue weighted by Gasteiger charge is 2.38. The van der Waals surface area contributed by atoms with Crippen molar-refractivity contribution < 1.29 is 0 Å². The fourth-order valence-electron chi connectivity index (χ4n) is 4.83. The number of rotatable bonds is 4. The summed E-state index contributed by atoms with van der Waals surface area (Å²) in [4.78, 5) is 6.69. The maximum absolute atomic E-state index is 4.52. The van der Waals surface area contributed by atoms with Crippen LogP contribution in [0.15, 0.2) is 114 Å².